The summed E-state index contributed by atoms with van der Waals surface area (Å²) < 4.78 is 2.27. The first-order valence-corrected chi connectivity index (χ1v) is 8.16. The lowest BCUT2D eigenvalue weighted by Gasteiger charge is -2.05. The van der Waals surface area contributed by atoms with Crippen molar-refractivity contribution in [3.8, 4) is 0 Å². The summed E-state index contributed by atoms with van der Waals surface area (Å²) in [5.74, 6) is 0. The molecule has 0 N–H and O–H groups in total. The smallest absolute Gasteiger partial charge is 0.258 e. The summed E-state index contributed by atoms with van der Waals surface area (Å²) in [5.41, 5.74) is 1.06. The molecule has 0 fully saturated rings. The Bertz CT molecular complexity index is 840. The molecule has 1 aromatic heterocycles. The molecule has 0 aliphatic carbocycles. The number of rotatable bonds is 5. The van der Waals surface area contributed by atoms with Crippen LogP contribution in [0.3, 0.4) is 0 Å². The molecule has 2 aromatic carbocycles. The molecular formula is C14H10BrN5O2S. The SMILES string of the molecule is O=[N+]([O-])c1cc(Br)ccc1Sc1nnnn1Cc1ccccc1. The van der Waals surface area contributed by atoms with Gasteiger partial charge in [-0.05, 0) is 39.9 Å². The molecule has 3 rings (SSSR count). The predicted octanol–water partition coefficient (Wildman–Crippen LogP) is 3.54. The van der Waals surface area contributed by atoms with Crippen molar-refractivity contribution in [1.82, 2.24) is 20.2 Å². The fourth-order valence-electron chi connectivity index (χ4n) is 1.94. The molecule has 0 radical (unpaired) electrons. The Balaban J connectivity index is 1.88. The predicted molar refractivity (Wildman–Crippen MR) is 88.3 cm³/mol. The fraction of sp³-hybridized carbons (Fsp3) is 0.0714. The first-order chi connectivity index (χ1) is 11.1. The number of halogens is 1. The highest BCUT2D eigenvalue weighted by molar-refractivity contribution is 9.10. The normalized spacial score (nSPS) is 10.7. The van der Waals surface area contributed by atoms with Crippen LogP contribution >= 0.6 is 27.7 Å². The maximum atomic E-state index is 11.2. The molecule has 0 saturated heterocycles. The van der Waals surface area contributed by atoms with Crippen molar-refractivity contribution in [3.63, 3.8) is 0 Å². The van der Waals surface area contributed by atoms with E-state index in [1.165, 1.54) is 17.8 Å². The molecule has 9 heteroatoms. The van der Waals surface area contributed by atoms with Gasteiger partial charge in [0.05, 0.1) is 16.4 Å². The molecule has 0 atom stereocenters. The summed E-state index contributed by atoms with van der Waals surface area (Å²) in [6.07, 6.45) is 0. The first-order valence-electron chi connectivity index (χ1n) is 6.55. The molecule has 1 heterocycles. The lowest BCUT2D eigenvalue weighted by atomic mass is 10.2. The van der Waals surface area contributed by atoms with Crippen LogP contribution in [0, 0.1) is 10.1 Å². The quantitative estimate of drug-likeness (QED) is 0.488. The third kappa shape index (κ3) is 3.74. The minimum Gasteiger partial charge on any atom is -0.258 e. The van der Waals surface area contributed by atoms with E-state index in [-0.39, 0.29) is 5.69 Å². The molecule has 3 aromatic rings. The first kappa shape index (κ1) is 15.6. The van der Waals surface area contributed by atoms with Gasteiger partial charge in [0.2, 0.25) is 5.16 Å². The zero-order chi connectivity index (χ0) is 16.2. The Morgan fingerprint density at radius 2 is 2.00 bits per heavy atom. The summed E-state index contributed by atoms with van der Waals surface area (Å²) in [6.45, 7) is 0.500. The van der Waals surface area contributed by atoms with Crippen LogP contribution in [0.5, 0.6) is 0 Å². The van der Waals surface area contributed by atoms with Crippen molar-refractivity contribution in [2.24, 2.45) is 0 Å². The average molecular weight is 392 g/mol. The third-order valence-electron chi connectivity index (χ3n) is 2.99. The van der Waals surface area contributed by atoms with Crippen LogP contribution in [0.15, 0.2) is 63.1 Å². The lowest BCUT2D eigenvalue weighted by Crippen LogP contribution is -2.03. The van der Waals surface area contributed by atoms with Crippen LogP contribution in [-0.2, 0) is 6.54 Å². The van der Waals surface area contributed by atoms with Crippen molar-refractivity contribution < 1.29 is 4.92 Å². The number of hydrogen-bond donors (Lipinski definition) is 0. The van der Waals surface area contributed by atoms with E-state index in [1.54, 1.807) is 16.8 Å². The van der Waals surface area contributed by atoms with Crippen LogP contribution in [-0.4, -0.2) is 25.1 Å². The molecule has 0 amide bonds. The highest BCUT2D eigenvalue weighted by Gasteiger charge is 2.18. The Kier molecular flexibility index (Phi) is 4.68. The molecule has 0 aliphatic rings. The van der Waals surface area contributed by atoms with Crippen molar-refractivity contribution in [1.29, 1.82) is 0 Å². The van der Waals surface area contributed by atoms with Gasteiger partial charge in [0.1, 0.15) is 0 Å². The van der Waals surface area contributed by atoms with Crippen molar-refractivity contribution in [2.45, 2.75) is 16.6 Å². The summed E-state index contributed by atoms with van der Waals surface area (Å²) in [7, 11) is 0. The van der Waals surface area contributed by atoms with E-state index in [4.69, 9.17) is 0 Å². The number of benzene rings is 2. The Morgan fingerprint density at radius 1 is 1.22 bits per heavy atom. The van der Waals surface area contributed by atoms with Crippen molar-refractivity contribution >= 4 is 33.4 Å². The standard InChI is InChI=1S/C14H10BrN5O2S/c15-11-6-7-13(12(8-11)20(21)22)23-14-16-17-18-19(14)9-10-4-2-1-3-5-10/h1-8H,9H2. The van der Waals surface area contributed by atoms with Gasteiger partial charge >= 0.3 is 0 Å². The van der Waals surface area contributed by atoms with Crippen LogP contribution in [0.4, 0.5) is 5.69 Å². The minimum absolute atomic E-state index is 0.0126. The largest absolute Gasteiger partial charge is 0.284 e. The Labute approximate surface area is 144 Å². The van der Waals surface area contributed by atoms with Gasteiger partial charge in [0.25, 0.3) is 5.69 Å². The van der Waals surface area contributed by atoms with E-state index in [2.05, 4.69) is 31.5 Å². The Hall–Kier alpha value is -2.26. The molecule has 0 saturated carbocycles. The van der Waals surface area contributed by atoms with E-state index in [1.807, 2.05) is 30.3 Å². The molecule has 23 heavy (non-hydrogen) atoms. The zero-order valence-corrected chi connectivity index (χ0v) is 14.1. The summed E-state index contributed by atoms with van der Waals surface area (Å²) in [5, 5.41) is 23.3. The average Bonchev–Trinajstić information content (AvgIpc) is 2.97. The van der Waals surface area contributed by atoms with Gasteiger partial charge in [0.15, 0.2) is 0 Å². The van der Waals surface area contributed by atoms with Crippen LogP contribution in [0.1, 0.15) is 5.56 Å². The van der Waals surface area contributed by atoms with Gasteiger partial charge in [-0.15, -0.1) is 5.10 Å². The number of nitro groups is 1. The second-order valence-corrected chi connectivity index (χ2v) is 6.50. The lowest BCUT2D eigenvalue weighted by molar-refractivity contribution is -0.387. The van der Waals surface area contributed by atoms with Crippen LogP contribution in [0.25, 0.3) is 0 Å². The summed E-state index contributed by atoms with van der Waals surface area (Å²) in [6, 6.07) is 14.6. The van der Waals surface area contributed by atoms with Crippen LogP contribution < -0.4 is 0 Å². The monoisotopic (exact) mass is 391 g/mol. The second-order valence-electron chi connectivity index (χ2n) is 4.58. The van der Waals surface area contributed by atoms with Gasteiger partial charge < -0.3 is 0 Å². The minimum atomic E-state index is -0.418. The maximum absolute atomic E-state index is 11.2. The van der Waals surface area contributed by atoms with Crippen LogP contribution in [0.2, 0.25) is 0 Å². The highest BCUT2D eigenvalue weighted by Crippen LogP contribution is 2.35. The summed E-state index contributed by atoms with van der Waals surface area (Å²) >= 11 is 4.41. The zero-order valence-electron chi connectivity index (χ0n) is 11.7. The van der Waals surface area contributed by atoms with Gasteiger partial charge in [0, 0.05) is 10.5 Å². The number of nitrogens with zero attached hydrogens (tertiary/aromatic N) is 5. The topological polar surface area (TPSA) is 86.7 Å². The third-order valence-corrected chi connectivity index (χ3v) is 4.53. The van der Waals surface area contributed by atoms with Crippen molar-refractivity contribution in [3.05, 3.63) is 68.7 Å². The molecule has 0 bridgehead atoms. The molecule has 0 spiro atoms. The van der Waals surface area contributed by atoms with E-state index < -0.39 is 4.92 Å². The number of aromatic nitrogens is 4. The number of hydrogen-bond acceptors (Lipinski definition) is 6. The number of tetrazole rings is 1. The molecule has 0 unspecified atom stereocenters. The van der Waals surface area contributed by atoms with E-state index in [0.717, 1.165) is 5.56 Å². The van der Waals surface area contributed by atoms with Gasteiger partial charge in [-0.2, -0.15) is 0 Å². The highest BCUT2D eigenvalue weighted by atomic mass is 79.9. The fourth-order valence-corrected chi connectivity index (χ4v) is 3.15. The maximum Gasteiger partial charge on any atom is 0.284 e. The van der Waals surface area contributed by atoms with E-state index >= 15 is 0 Å². The summed E-state index contributed by atoms with van der Waals surface area (Å²) in [4.78, 5) is 11.3. The molecular weight excluding hydrogens is 382 g/mol. The van der Waals surface area contributed by atoms with Gasteiger partial charge in [-0.25, -0.2) is 4.68 Å². The van der Waals surface area contributed by atoms with E-state index in [0.29, 0.717) is 21.1 Å². The van der Waals surface area contributed by atoms with Crippen molar-refractivity contribution in [2.75, 3.05) is 0 Å². The van der Waals surface area contributed by atoms with Gasteiger partial charge in [-0.3, -0.25) is 10.1 Å². The second kappa shape index (κ2) is 6.88. The molecule has 116 valence electrons. The molecule has 0 aliphatic heterocycles. The van der Waals surface area contributed by atoms with E-state index in [9.17, 15) is 10.1 Å². The number of nitro benzene ring substituents is 1. The molecule has 7 nitrogen and oxygen atoms in total. The Morgan fingerprint density at radius 3 is 2.74 bits per heavy atom. The van der Waals surface area contributed by atoms with Gasteiger partial charge in [-0.1, -0.05) is 46.3 Å².